The second kappa shape index (κ2) is 17.0. The van der Waals surface area contributed by atoms with Gasteiger partial charge in [0.2, 0.25) is 0 Å². The van der Waals surface area contributed by atoms with E-state index in [4.69, 9.17) is 9.98 Å². The van der Waals surface area contributed by atoms with Gasteiger partial charge in [0.1, 0.15) is 11.7 Å². The number of nitrogens with zero attached hydrogens (tertiary/aromatic N) is 2. The van der Waals surface area contributed by atoms with Gasteiger partial charge in [-0.25, -0.2) is 9.98 Å². The molecule has 67 heavy (non-hydrogen) atoms. The van der Waals surface area contributed by atoms with Gasteiger partial charge in [-0.3, -0.25) is 0 Å². The fraction of sp³-hybridized carbons (Fsp3) is 0.0312. The molecule has 0 radical (unpaired) electrons. The Balaban J connectivity index is 1.17. The van der Waals surface area contributed by atoms with E-state index in [1.807, 2.05) is 12.1 Å². The summed E-state index contributed by atoms with van der Waals surface area (Å²) in [6.07, 6.45) is -0.421. The first-order valence-corrected chi connectivity index (χ1v) is 23.0. The van der Waals surface area contributed by atoms with Gasteiger partial charge in [-0.1, -0.05) is 218 Å². The molecule has 0 aromatic heterocycles. The topological polar surface area (TPSA) is 36.8 Å². The molecule has 1 unspecified atom stereocenters. The predicted octanol–water partition coefficient (Wildman–Crippen LogP) is 15.2. The van der Waals surface area contributed by atoms with Crippen LogP contribution in [0.4, 0.5) is 0 Å². The second-order valence-corrected chi connectivity index (χ2v) is 17.3. The van der Waals surface area contributed by atoms with E-state index in [0.29, 0.717) is 0 Å². The van der Waals surface area contributed by atoms with Crippen molar-refractivity contribution >= 4 is 11.7 Å². The zero-order valence-corrected chi connectivity index (χ0v) is 36.8. The van der Waals surface area contributed by atoms with E-state index in [1.165, 1.54) is 55.6 Å². The van der Waals surface area contributed by atoms with E-state index in [2.05, 4.69) is 254 Å². The maximum Gasteiger partial charge on any atom is 0.169 e. The molecule has 0 amide bonds. The number of benzene rings is 10. The number of hydrogen-bond acceptors (Lipinski definition) is 3. The minimum Gasteiger partial charge on any atom is -0.324 e. The molecule has 10 aromatic rings. The third kappa shape index (κ3) is 7.28. The summed E-state index contributed by atoms with van der Waals surface area (Å²) in [5, 5.41) is 3.73. The molecule has 10 aromatic carbocycles. The molecule has 3 nitrogen and oxygen atoms in total. The molecule has 0 saturated carbocycles. The highest BCUT2D eigenvalue weighted by Crippen LogP contribution is 2.58. The Morgan fingerprint density at radius 3 is 1.12 bits per heavy atom. The van der Waals surface area contributed by atoms with Gasteiger partial charge < -0.3 is 5.32 Å². The number of fused-ring (bicyclic) bond motifs is 3. The lowest BCUT2D eigenvalue weighted by Crippen LogP contribution is -2.36. The van der Waals surface area contributed by atoms with Crippen LogP contribution in [-0.4, -0.2) is 11.7 Å². The van der Waals surface area contributed by atoms with Gasteiger partial charge in [0.05, 0.1) is 5.41 Å². The first-order chi connectivity index (χ1) is 33.2. The Labute approximate surface area is 392 Å². The Morgan fingerprint density at radius 2 is 0.657 bits per heavy atom. The van der Waals surface area contributed by atoms with Crippen molar-refractivity contribution in [3.05, 3.63) is 300 Å². The minimum atomic E-state index is -0.783. The summed E-state index contributed by atoms with van der Waals surface area (Å²) in [6, 6.07) is 94.5. The Kier molecular flexibility index (Phi) is 10.1. The molecule has 0 fully saturated rings. The number of amidine groups is 2. The predicted molar refractivity (Wildman–Crippen MR) is 277 cm³/mol. The van der Waals surface area contributed by atoms with Crippen LogP contribution in [0.5, 0.6) is 0 Å². The Morgan fingerprint density at radius 1 is 0.284 bits per heavy atom. The van der Waals surface area contributed by atoms with Crippen LogP contribution < -0.4 is 5.32 Å². The van der Waals surface area contributed by atoms with Crippen molar-refractivity contribution in [1.29, 1.82) is 0 Å². The van der Waals surface area contributed by atoms with Crippen molar-refractivity contribution < 1.29 is 0 Å². The highest BCUT2D eigenvalue weighted by atomic mass is 15.2. The van der Waals surface area contributed by atoms with Crippen molar-refractivity contribution in [1.82, 2.24) is 5.32 Å². The van der Waals surface area contributed by atoms with E-state index in [0.717, 1.165) is 50.6 Å². The second-order valence-electron chi connectivity index (χ2n) is 17.3. The van der Waals surface area contributed by atoms with Crippen molar-refractivity contribution in [2.45, 2.75) is 11.6 Å². The fourth-order valence-electron chi connectivity index (χ4n) is 10.2. The quantitative estimate of drug-likeness (QED) is 0.154. The van der Waals surface area contributed by atoms with E-state index in [-0.39, 0.29) is 0 Å². The standard InChI is InChI=1S/C64H45N3/c1-7-21-44(22-8-1)51-37-52(45-23-9-2-10-24-45)40-55(39-51)64(56-41-53(46-25-11-3-12-26-46)38-54(42-56)47-27-13-4-14-28-47)59-34-20-19-33-57(59)58-36-35-50(43-60(58)64)63-66-61(48-29-15-5-16-30-48)65-62(67-63)49-31-17-6-18-32-49/h1-43,61H,(H,65,66,67). The van der Waals surface area contributed by atoms with E-state index in [1.54, 1.807) is 0 Å². The summed E-state index contributed by atoms with van der Waals surface area (Å²) in [5.74, 6) is 1.57. The van der Waals surface area contributed by atoms with Gasteiger partial charge in [-0.15, -0.1) is 0 Å². The zero-order chi connectivity index (χ0) is 44.6. The maximum absolute atomic E-state index is 5.40. The van der Waals surface area contributed by atoms with Crippen LogP contribution in [0, 0.1) is 0 Å². The number of nitrogens with one attached hydrogen (secondary N) is 1. The van der Waals surface area contributed by atoms with Gasteiger partial charge in [-0.2, -0.15) is 0 Å². The molecule has 3 heteroatoms. The van der Waals surface area contributed by atoms with Crippen LogP contribution in [0.3, 0.4) is 0 Å². The van der Waals surface area contributed by atoms with Crippen molar-refractivity contribution in [3.8, 4) is 55.6 Å². The molecule has 1 atom stereocenters. The summed E-state index contributed by atoms with van der Waals surface area (Å²) < 4.78 is 0. The lowest BCUT2D eigenvalue weighted by atomic mass is 9.66. The summed E-state index contributed by atoms with van der Waals surface area (Å²) in [6.45, 7) is 0. The summed E-state index contributed by atoms with van der Waals surface area (Å²) >= 11 is 0. The molecule has 2 aliphatic rings. The van der Waals surface area contributed by atoms with E-state index < -0.39 is 11.6 Å². The van der Waals surface area contributed by atoms with E-state index in [9.17, 15) is 0 Å². The molecule has 0 spiro atoms. The smallest absolute Gasteiger partial charge is 0.169 e. The summed E-state index contributed by atoms with van der Waals surface area (Å²) in [7, 11) is 0. The van der Waals surface area contributed by atoms with Crippen LogP contribution in [0.25, 0.3) is 55.6 Å². The lowest BCUT2D eigenvalue weighted by molar-refractivity contribution is 0.754. The molecule has 12 rings (SSSR count). The molecule has 1 aliphatic heterocycles. The summed E-state index contributed by atoms with van der Waals surface area (Å²) in [5.41, 5.74) is 18.8. The number of aliphatic imine (C=N–C) groups is 2. The SMILES string of the molecule is c1ccc(C2=NC(c3ccccc3)N=C(c3ccc4c(c3)C(c3cc(-c5ccccc5)cc(-c5ccccc5)c3)(c3cc(-c5ccccc5)cc(-c5ccccc5)c3)c3ccccc3-4)N2)cc1. The van der Waals surface area contributed by atoms with Crippen molar-refractivity contribution in [2.75, 3.05) is 0 Å². The Hall–Kier alpha value is -8.66. The molecule has 0 bridgehead atoms. The molecule has 1 heterocycles. The van der Waals surface area contributed by atoms with Crippen LogP contribution in [-0.2, 0) is 5.41 Å². The summed E-state index contributed by atoms with van der Waals surface area (Å²) in [4.78, 5) is 10.6. The molecule has 316 valence electrons. The fourth-order valence-corrected chi connectivity index (χ4v) is 10.2. The van der Waals surface area contributed by atoms with Gasteiger partial charge >= 0.3 is 0 Å². The number of rotatable bonds is 9. The van der Waals surface area contributed by atoms with E-state index >= 15 is 0 Å². The number of hydrogen-bond donors (Lipinski definition) is 1. The van der Waals surface area contributed by atoms with Crippen LogP contribution >= 0.6 is 0 Å². The highest BCUT2D eigenvalue weighted by molar-refractivity contribution is 6.16. The Bertz CT molecular complexity index is 3210. The highest BCUT2D eigenvalue weighted by Gasteiger charge is 2.47. The zero-order valence-electron chi connectivity index (χ0n) is 36.8. The molecule has 1 N–H and O–H groups in total. The molecular weight excluding hydrogens is 811 g/mol. The lowest BCUT2D eigenvalue weighted by Gasteiger charge is -2.36. The largest absolute Gasteiger partial charge is 0.324 e. The van der Waals surface area contributed by atoms with Gasteiger partial charge in [0, 0.05) is 11.1 Å². The third-order valence-corrected chi connectivity index (χ3v) is 13.4. The maximum atomic E-state index is 5.40. The van der Waals surface area contributed by atoms with Crippen molar-refractivity contribution in [2.24, 2.45) is 9.98 Å². The normalized spacial score (nSPS) is 14.5. The molecule has 0 saturated heterocycles. The third-order valence-electron chi connectivity index (χ3n) is 13.4. The minimum absolute atomic E-state index is 0.421. The van der Waals surface area contributed by atoms with Gasteiger partial charge in [-0.05, 0) is 126 Å². The van der Waals surface area contributed by atoms with Crippen LogP contribution in [0.15, 0.2) is 271 Å². The molecule has 1 aliphatic carbocycles. The average Bonchev–Trinajstić information content (AvgIpc) is 3.72. The first kappa shape index (κ1) is 39.9. The van der Waals surface area contributed by atoms with Crippen LogP contribution in [0.2, 0.25) is 0 Å². The first-order valence-electron chi connectivity index (χ1n) is 23.0. The van der Waals surface area contributed by atoms with Gasteiger partial charge in [0.15, 0.2) is 6.17 Å². The average molecular weight is 856 g/mol. The molecular formula is C64H45N3. The van der Waals surface area contributed by atoms with Crippen LogP contribution in [0.1, 0.15) is 45.1 Å². The van der Waals surface area contributed by atoms with Crippen molar-refractivity contribution in [3.63, 3.8) is 0 Å². The monoisotopic (exact) mass is 855 g/mol. The van der Waals surface area contributed by atoms with Gasteiger partial charge in [0.25, 0.3) is 0 Å².